The van der Waals surface area contributed by atoms with E-state index in [1.54, 1.807) is 0 Å². The van der Waals surface area contributed by atoms with Crippen molar-refractivity contribution in [3.05, 3.63) is 29.3 Å². The Morgan fingerprint density at radius 2 is 1.82 bits per heavy atom. The van der Waals surface area contributed by atoms with Gasteiger partial charge in [0.25, 0.3) is 5.91 Å². The molecule has 92 valence electrons. The Morgan fingerprint density at radius 1 is 1.18 bits per heavy atom. The summed E-state index contributed by atoms with van der Waals surface area (Å²) in [4.78, 5) is 12.8. The van der Waals surface area contributed by atoms with E-state index in [1.165, 1.54) is 6.07 Å². The maximum Gasteiger partial charge on any atom is 0.254 e. The maximum atomic E-state index is 14.0. The molecule has 0 aromatic heterocycles. The Balaban J connectivity index is 2.41. The van der Waals surface area contributed by atoms with Crippen molar-refractivity contribution in [1.82, 2.24) is 0 Å². The SMILES string of the molecule is NC(=O)c1c(F)ccc(N2CCCCC2)c1F. The normalized spacial score (nSPS) is 16.0. The average Bonchev–Trinajstić information content (AvgIpc) is 2.30. The number of carbonyl (C=O) groups excluding carboxylic acids is 1. The second kappa shape index (κ2) is 4.69. The molecule has 0 bridgehead atoms. The molecule has 17 heavy (non-hydrogen) atoms. The molecule has 1 aromatic carbocycles. The number of halogens is 2. The first-order valence-electron chi connectivity index (χ1n) is 5.64. The predicted octanol–water partition coefficient (Wildman–Crippen LogP) is 2.05. The average molecular weight is 240 g/mol. The molecule has 3 nitrogen and oxygen atoms in total. The molecule has 5 heteroatoms. The van der Waals surface area contributed by atoms with Crippen molar-refractivity contribution in [2.24, 2.45) is 5.73 Å². The lowest BCUT2D eigenvalue weighted by Crippen LogP contribution is -2.31. The van der Waals surface area contributed by atoms with E-state index in [4.69, 9.17) is 5.73 Å². The zero-order valence-electron chi connectivity index (χ0n) is 9.38. The number of hydrogen-bond donors (Lipinski definition) is 1. The van der Waals surface area contributed by atoms with Crippen LogP contribution in [0, 0.1) is 11.6 Å². The van der Waals surface area contributed by atoms with Gasteiger partial charge in [-0.2, -0.15) is 0 Å². The minimum Gasteiger partial charge on any atom is -0.369 e. The van der Waals surface area contributed by atoms with Crippen LogP contribution in [0.5, 0.6) is 0 Å². The van der Waals surface area contributed by atoms with Gasteiger partial charge in [-0.15, -0.1) is 0 Å². The molecule has 1 fully saturated rings. The molecule has 2 N–H and O–H groups in total. The van der Waals surface area contributed by atoms with Crippen LogP contribution < -0.4 is 10.6 Å². The number of anilines is 1. The molecular formula is C12H14F2N2O. The highest BCUT2D eigenvalue weighted by atomic mass is 19.1. The summed E-state index contributed by atoms with van der Waals surface area (Å²) >= 11 is 0. The van der Waals surface area contributed by atoms with Gasteiger partial charge in [0.05, 0.1) is 5.69 Å². The number of nitrogens with two attached hydrogens (primary N) is 1. The van der Waals surface area contributed by atoms with E-state index in [0.717, 1.165) is 38.4 Å². The highest BCUT2D eigenvalue weighted by Crippen LogP contribution is 2.26. The van der Waals surface area contributed by atoms with E-state index in [2.05, 4.69) is 0 Å². The Morgan fingerprint density at radius 3 is 2.41 bits per heavy atom. The minimum atomic E-state index is -1.07. The third-order valence-corrected chi connectivity index (χ3v) is 3.01. The van der Waals surface area contributed by atoms with Crippen LogP contribution >= 0.6 is 0 Å². The minimum absolute atomic E-state index is 0.264. The fourth-order valence-electron chi connectivity index (χ4n) is 2.15. The number of benzene rings is 1. The molecular weight excluding hydrogens is 226 g/mol. The molecule has 0 spiro atoms. The van der Waals surface area contributed by atoms with E-state index in [9.17, 15) is 13.6 Å². The molecule has 0 saturated carbocycles. The Hall–Kier alpha value is -1.65. The summed E-state index contributed by atoms with van der Waals surface area (Å²) in [6.45, 7) is 1.45. The number of piperidine rings is 1. The van der Waals surface area contributed by atoms with E-state index >= 15 is 0 Å². The van der Waals surface area contributed by atoms with Crippen molar-refractivity contribution >= 4 is 11.6 Å². The molecule has 1 heterocycles. The van der Waals surface area contributed by atoms with Gasteiger partial charge in [0.1, 0.15) is 11.4 Å². The summed E-state index contributed by atoms with van der Waals surface area (Å²) in [7, 11) is 0. The van der Waals surface area contributed by atoms with Crippen molar-refractivity contribution in [2.45, 2.75) is 19.3 Å². The highest BCUT2D eigenvalue weighted by Gasteiger charge is 2.22. The molecule has 1 amide bonds. The van der Waals surface area contributed by atoms with Crippen LogP contribution in [-0.4, -0.2) is 19.0 Å². The van der Waals surface area contributed by atoms with Crippen LogP contribution in [-0.2, 0) is 0 Å². The van der Waals surface area contributed by atoms with Gasteiger partial charge in [-0.1, -0.05) is 0 Å². The third kappa shape index (κ3) is 2.23. The predicted molar refractivity (Wildman–Crippen MR) is 60.9 cm³/mol. The Labute approximate surface area is 98.2 Å². The lowest BCUT2D eigenvalue weighted by atomic mass is 10.1. The third-order valence-electron chi connectivity index (χ3n) is 3.01. The van der Waals surface area contributed by atoms with Gasteiger partial charge in [0.2, 0.25) is 0 Å². The van der Waals surface area contributed by atoms with Crippen LogP contribution in [0.25, 0.3) is 0 Å². The molecule has 1 saturated heterocycles. The topological polar surface area (TPSA) is 46.3 Å². The first kappa shape index (κ1) is 11.8. The zero-order chi connectivity index (χ0) is 12.4. The van der Waals surface area contributed by atoms with Crippen molar-refractivity contribution in [3.63, 3.8) is 0 Å². The molecule has 1 aliphatic rings. The lowest BCUT2D eigenvalue weighted by Gasteiger charge is -2.29. The Kier molecular flexibility index (Phi) is 3.26. The van der Waals surface area contributed by atoms with Crippen LogP contribution in [0.2, 0.25) is 0 Å². The van der Waals surface area contributed by atoms with Gasteiger partial charge in [-0.3, -0.25) is 4.79 Å². The second-order valence-electron chi connectivity index (χ2n) is 4.17. The van der Waals surface area contributed by atoms with E-state index in [1.807, 2.05) is 4.90 Å². The van der Waals surface area contributed by atoms with Crippen molar-refractivity contribution in [2.75, 3.05) is 18.0 Å². The fourth-order valence-corrected chi connectivity index (χ4v) is 2.15. The van der Waals surface area contributed by atoms with E-state index < -0.39 is 23.1 Å². The first-order valence-corrected chi connectivity index (χ1v) is 5.64. The highest BCUT2D eigenvalue weighted by molar-refractivity contribution is 5.94. The summed E-state index contributed by atoms with van der Waals surface area (Å²) < 4.78 is 27.3. The molecule has 1 aliphatic heterocycles. The molecule has 0 unspecified atom stereocenters. The Bertz CT molecular complexity index is 442. The molecule has 0 aliphatic carbocycles. The van der Waals surface area contributed by atoms with Crippen LogP contribution in [0.15, 0.2) is 12.1 Å². The van der Waals surface area contributed by atoms with Gasteiger partial charge in [-0.05, 0) is 31.4 Å². The summed E-state index contributed by atoms with van der Waals surface area (Å²) in [6, 6.07) is 2.45. The lowest BCUT2D eigenvalue weighted by molar-refractivity contribution is 0.0992. The van der Waals surface area contributed by atoms with Gasteiger partial charge >= 0.3 is 0 Å². The monoisotopic (exact) mass is 240 g/mol. The van der Waals surface area contributed by atoms with E-state index in [0.29, 0.717) is 0 Å². The number of hydrogen-bond acceptors (Lipinski definition) is 2. The molecule has 1 aromatic rings. The quantitative estimate of drug-likeness (QED) is 0.860. The number of rotatable bonds is 2. The number of carbonyl (C=O) groups is 1. The summed E-state index contributed by atoms with van der Waals surface area (Å²) in [6.07, 6.45) is 3.06. The standard InChI is InChI=1S/C12H14F2N2O/c13-8-4-5-9(11(14)10(8)12(15)17)16-6-2-1-3-7-16/h4-5H,1-3,6-7H2,(H2,15,17). The maximum absolute atomic E-state index is 14.0. The van der Waals surface area contributed by atoms with Crippen LogP contribution in [0.4, 0.5) is 14.5 Å². The largest absolute Gasteiger partial charge is 0.369 e. The van der Waals surface area contributed by atoms with E-state index in [-0.39, 0.29) is 5.69 Å². The van der Waals surface area contributed by atoms with Gasteiger partial charge in [0, 0.05) is 13.1 Å². The van der Waals surface area contributed by atoms with Crippen molar-refractivity contribution < 1.29 is 13.6 Å². The summed E-state index contributed by atoms with van der Waals surface area (Å²) in [5, 5.41) is 0. The number of primary amides is 1. The fraction of sp³-hybridized carbons (Fsp3) is 0.417. The number of nitrogens with zero attached hydrogens (tertiary/aromatic N) is 1. The smallest absolute Gasteiger partial charge is 0.254 e. The number of amides is 1. The van der Waals surface area contributed by atoms with Crippen molar-refractivity contribution in [1.29, 1.82) is 0 Å². The molecule has 0 radical (unpaired) electrons. The van der Waals surface area contributed by atoms with Crippen LogP contribution in [0.3, 0.4) is 0 Å². The van der Waals surface area contributed by atoms with Crippen LogP contribution in [0.1, 0.15) is 29.6 Å². The zero-order valence-corrected chi connectivity index (χ0v) is 9.38. The van der Waals surface area contributed by atoms with Gasteiger partial charge < -0.3 is 10.6 Å². The summed E-state index contributed by atoms with van der Waals surface area (Å²) in [5.74, 6) is -2.82. The van der Waals surface area contributed by atoms with Crippen molar-refractivity contribution in [3.8, 4) is 0 Å². The summed E-state index contributed by atoms with van der Waals surface area (Å²) in [5.41, 5.74) is 4.59. The van der Waals surface area contributed by atoms with Gasteiger partial charge in [-0.25, -0.2) is 8.78 Å². The molecule has 0 atom stereocenters. The molecule has 2 rings (SSSR count). The van der Waals surface area contributed by atoms with Gasteiger partial charge in [0.15, 0.2) is 5.82 Å². The second-order valence-corrected chi connectivity index (χ2v) is 4.17. The first-order chi connectivity index (χ1) is 8.11.